The topological polar surface area (TPSA) is 0 Å². The van der Waals surface area contributed by atoms with Crippen LogP contribution < -0.4 is 0 Å². The van der Waals surface area contributed by atoms with Crippen LogP contribution in [0.1, 0.15) is 130 Å². The molecular formula is C36H62Cl2SiZr. The summed E-state index contributed by atoms with van der Waals surface area (Å²) in [4.78, 5) is 0. The van der Waals surface area contributed by atoms with Crippen LogP contribution in [0.15, 0.2) is 50.2 Å². The van der Waals surface area contributed by atoms with Gasteiger partial charge in [0, 0.05) is 9.52 Å². The van der Waals surface area contributed by atoms with E-state index in [2.05, 4.69) is 135 Å². The standard InChI is InChI=1S/2C12H19.C10H15.C2H7Si.2ClH.Zr/c2*1-6-7-11-8-12(4,5)10(3)9(11)2;1-7-6-10(4,5)9(3)8(7)2;1-3-2;;;/h2*6-7H2,1-5H3;1-5H3;3H,1-2H3;2*1H;/q3*-1;;;;+3. The fraction of sp³-hybridized carbons (Fsp3) is 0.667. The van der Waals surface area contributed by atoms with Crippen LogP contribution in [0.2, 0.25) is 13.1 Å². The molecule has 0 saturated carbocycles. The van der Waals surface area contributed by atoms with Crippen LogP contribution in [0.25, 0.3) is 0 Å². The molecule has 40 heavy (non-hydrogen) atoms. The van der Waals surface area contributed by atoms with Crippen molar-refractivity contribution in [1.82, 2.24) is 0 Å². The molecular weight excluding hydrogens is 623 g/mol. The van der Waals surface area contributed by atoms with Gasteiger partial charge in [0.2, 0.25) is 0 Å². The van der Waals surface area contributed by atoms with Gasteiger partial charge in [0.1, 0.15) is 0 Å². The number of hydrogen-bond acceptors (Lipinski definition) is 0. The molecule has 0 unspecified atom stereocenters. The quantitative estimate of drug-likeness (QED) is 0.204. The van der Waals surface area contributed by atoms with Crippen molar-refractivity contribution in [2.45, 2.75) is 143 Å². The predicted molar refractivity (Wildman–Crippen MR) is 186 cm³/mol. The van der Waals surface area contributed by atoms with Crippen molar-refractivity contribution in [3.8, 4) is 0 Å². The van der Waals surface area contributed by atoms with Gasteiger partial charge in [-0.3, -0.25) is 18.2 Å². The van der Waals surface area contributed by atoms with Crippen LogP contribution in [0.5, 0.6) is 0 Å². The summed E-state index contributed by atoms with van der Waals surface area (Å²) in [6.07, 6.45) is 15.4. The summed E-state index contributed by atoms with van der Waals surface area (Å²) in [7, 11) is 0.750. The van der Waals surface area contributed by atoms with Gasteiger partial charge in [-0.05, 0) is 0 Å². The summed E-state index contributed by atoms with van der Waals surface area (Å²) in [5.41, 5.74) is 13.6. The zero-order valence-electron chi connectivity index (χ0n) is 29.2. The average Bonchev–Trinajstić information content (AvgIpc) is 3.20. The largest absolute Gasteiger partial charge is 3.00 e. The summed E-state index contributed by atoms with van der Waals surface area (Å²) in [5.74, 6) is 0. The Bertz CT molecular complexity index is 928. The van der Waals surface area contributed by atoms with Crippen LogP contribution in [-0.2, 0) is 26.2 Å². The molecule has 0 aromatic rings. The Hall–Kier alpha value is 0.120. The molecule has 3 aliphatic carbocycles. The van der Waals surface area contributed by atoms with Gasteiger partial charge < -0.3 is 0 Å². The van der Waals surface area contributed by atoms with Gasteiger partial charge in [0.15, 0.2) is 0 Å². The second-order valence-corrected chi connectivity index (χ2v) is 13.8. The number of hydrogen-bond donors (Lipinski definition) is 0. The fourth-order valence-corrected chi connectivity index (χ4v) is 4.93. The minimum absolute atomic E-state index is 0. The van der Waals surface area contributed by atoms with Crippen molar-refractivity contribution in [2.75, 3.05) is 0 Å². The van der Waals surface area contributed by atoms with Gasteiger partial charge in [-0.25, -0.2) is 16.7 Å². The Kier molecular flexibility index (Phi) is 23.7. The van der Waals surface area contributed by atoms with Gasteiger partial charge in [0.05, 0.1) is 0 Å². The first kappa shape index (κ1) is 47.1. The van der Waals surface area contributed by atoms with Crippen LogP contribution in [0.4, 0.5) is 0 Å². The van der Waals surface area contributed by atoms with Gasteiger partial charge in [-0.15, -0.1) is 45.6 Å². The first-order valence-electron chi connectivity index (χ1n) is 14.5. The van der Waals surface area contributed by atoms with E-state index >= 15 is 0 Å². The molecule has 0 aromatic carbocycles. The smallest absolute Gasteiger partial charge is 0.263 e. The summed E-state index contributed by atoms with van der Waals surface area (Å²) in [5, 5.41) is 0. The van der Waals surface area contributed by atoms with Gasteiger partial charge in [-0.1, -0.05) is 138 Å². The molecule has 3 rings (SSSR count). The van der Waals surface area contributed by atoms with Crippen LogP contribution in [0.3, 0.4) is 0 Å². The van der Waals surface area contributed by atoms with Crippen molar-refractivity contribution in [3.05, 3.63) is 68.4 Å². The molecule has 0 bridgehead atoms. The molecule has 0 aliphatic heterocycles. The Morgan fingerprint density at radius 3 is 0.900 bits per heavy atom. The number of halogens is 2. The van der Waals surface area contributed by atoms with E-state index < -0.39 is 0 Å². The Morgan fingerprint density at radius 2 is 0.775 bits per heavy atom. The van der Waals surface area contributed by atoms with Crippen molar-refractivity contribution in [3.63, 3.8) is 0 Å². The van der Waals surface area contributed by atoms with Gasteiger partial charge >= 0.3 is 26.2 Å². The molecule has 228 valence electrons. The van der Waals surface area contributed by atoms with Crippen LogP contribution in [0, 0.1) is 34.5 Å². The van der Waals surface area contributed by atoms with E-state index in [0.717, 1.165) is 9.52 Å². The molecule has 0 fully saturated rings. The van der Waals surface area contributed by atoms with Crippen molar-refractivity contribution < 1.29 is 26.2 Å². The Morgan fingerprint density at radius 1 is 0.525 bits per heavy atom. The van der Waals surface area contributed by atoms with Crippen molar-refractivity contribution in [1.29, 1.82) is 0 Å². The second kappa shape index (κ2) is 20.1. The third-order valence-electron chi connectivity index (χ3n) is 8.39. The van der Waals surface area contributed by atoms with E-state index in [1.54, 1.807) is 0 Å². The fourth-order valence-electron chi connectivity index (χ4n) is 4.93. The number of rotatable bonds is 4. The third-order valence-corrected chi connectivity index (χ3v) is 8.39. The minimum Gasteiger partial charge on any atom is -0.263 e. The van der Waals surface area contributed by atoms with E-state index in [9.17, 15) is 0 Å². The van der Waals surface area contributed by atoms with E-state index in [0.29, 0.717) is 0 Å². The Labute approximate surface area is 286 Å². The molecule has 0 aromatic heterocycles. The maximum atomic E-state index is 3.57. The maximum absolute atomic E-state index is 3.57. The first-order chi connectivity index (χ1) is 16.8. The summed E-state index contributed by atoms with van der Waals surface area (Å²) < 4.78 is 0. The SMILES string of the molecule is CC1=[C-]C(C)(C)C(C)=C1C.CCCC1=[C-]C(C)(C)C(C)=C1C.CCCC1=[C-]C(C)(C)C(C)=C1C.C[SiH]C.Cl.Cl.[Zr+3]. The monoisotopic (exact) mass is 682 g/mol. The van der Waals surface area contributed by atoms with Gasteiger partial charge in [-0.2, -0.15) is 33.4 Å². The van der Waals surface area contributed by atoms with E-state index in [-0.39, 0.29) is 67.3 Å². The zero-order chi connectivity index (χ0) is 29.4. The third kappa shape index (κ3) is 13.2. The molecule has 0 amide bonds. The molecule has 0 N–H and O–H groups in total. The Balaban J connectivity index is -0.000000224. The van der Waals surface area contributed by atoms with Crippen molar-refractivity contribution >= 4 is 34.3 Å². The minimum atomic E-state index is 0. The molecule has 2 radical (unpaired) electrons. The molecule has 0 atom stereocenters. The molecule has 3 aliphatic rings. The zero-order valence-corrected chi connectivity index (χ0v) is 34.5. The second-order valence-electron chi connectivity index (χ2n) is 12.7. The number of allylic oxidation sites excluding steroid dienone is 12. The maximum Gasteiger partial charge on any atom is 3.00 e. The molecule has 0 nitrogen and oxygen atoms in total. The normalized spacial score (nSPS) is 19.3. The average molecular weight is 685 g/mol. The van der Waals surface area contributed by atoms with Gasteiger partial charge in [0.25, 0.3) is 0 Å². The molecule has 0 heterocycles. The van der Waals surface area contributed by atoms with E-state index in [4.69, 9.17) is 0 Å². The first-order valence-corrected chi connectivity index (χ1v) is 16.8. The molecule has 0 saturated heterocycles. The van der Waals surface area contributed by atoms with Crippen LogP contribution >= 0.6 is 24.8 Å². The van der Waals surface area contributed by atoms with E-state index in [1.807, 2.05) is 0 Å². The molecule has 4 heteroatoms. The predicted octanol–water partition coefficient (Wildman–Crippen LogP) is 12.3. The molecule has 0 spiro atoms. The van der Waals surface area contributed by atoms with Crippen LogP contribution in [-0.4, -0.2) is 9.52 Å². The summed E-state index contributed by atoms with van der Waals surface area (Å²) in [6, 6.07) is 0. The van der Waals surface area contributed by atoms with E-state index in [1.165, 1.54) is 75.8 Å². The van der Waals surface area contributed by atoms with Crippen molar-refractivity contribution in [2.24, 2.45) is 16.2 Å². The summed E-state index contributed by atoms with van der Waals surface area (Å²) >= 11 is 0. The summed E-state index contributed by atoms with van der Waals surface area (Å²) in [6.45, 7) is 37.7.